The van der Waals surface area contributed by atoms with Crippen LogP contribution in [0, 0.1) is 11.8 Å². The van der Waals surface area contributed by atoms with E-state index in [9.17, 15) is 15.0 Å². The van der Waals surface area contributed by atoms with Crippen LogP contribution < -0.4 is 0 Å². The van der Waals surface area contributed by atoms with Gasteiger partial charge in [-0.2, -0.15) is 0 Å². The largest absolute Gasteiger partial charge is 0.393 e. The van der Waals surface area contributed by atoms with Crippen molar-refractivity contribution in [3.63, 3.8) is 0 Å². The fourth-order valence-electron chi connectivity index (χ4n) is 2.76. The summed E-state index contributed by atoms with van der Waals surface area (Å²) in [6.07, 6.45) is 9.87. The monoisotopic (exact) mass is 282 g/mol. The van der Waals surface area contributed by atoms with Crippen molar-refractivity contribution < 1.29 is 20.1 Å². The summed E-state index contributed by atoms with van der Waals surface area (Å²) in [5.74, 6) is 0.109. The van der Waals surface area contributed by atoms with Gasteiger partial charge in [-0.15, -0.1) is 0 Å². The Morgan fingerprint density at radius 2 is 1.95 bits per heavy atom. The minimum Gasteiger partial charge on any atom is -0.393 e. The lowest BCUT2D eigenvalue weighted by atomic mass is 9.90. The maximum Gasteiger partial charge on any atom is 0.129 e. The van der Waals surface area contributed by atoms with Crippen molar-refractivity contribution in [1.29, 1.82) is 0 Å². The van der Waals surface area contributed by atoms with E-state index in [1.807, 2.05) is 12.2 Å². The Balaban J connectivity index is 2.41. The third-order valence-corrected chi connectivity index (χ3v) is 3.85. The fourth-order valence-corrected chi connectivity index (χ4v) is 2.76. The minimum atomic E-state index is -0.538. The van der Waals surface area contributed by atoms with Crippen molar-refractivity contribution in [1.82, 2.24) is 0 Å². The van der Waals surface area contributed by atoms with Crippen LogP contribution >= 0.6 is 0 Å². The van der Waals surface area contributed by atoms with Gasteiger partial charge < -0.3 is 20.1 Å². The van der Waals surface area contributed by atoms with Crippen molar-refractivity contribution in [2.45, 2.75) is 51.2 Å². The van der Waals surface area contributed by atoms with Gasteiger partial charge in [0, 0.05) is 18.8 Å². The van der Waals surface area contributed by atoms with Crippen LogP contribution in [-0.2, 0) is 4.79 Å². The van der Waals surface area contributed by atoms with Crippen LogP contribution in [0.25, 0.3) is 0 Å². The molecule has 0 aliphatic heterocycles. The highest BCUT2D eigenvalue weighted by molar-refractivity contribution is 5.75. The maximum absolute atomic E-state index is 10.8. The molecule has 0 amide bonds. The van der Waals surface area contributed by atoms with E-state index in [1.165, 1.54) is 0 Å². The van der Waals surface area contributed by atoms with Crippen LogP contribution in [0.4, 0.5) is 0 Å². The zero-order valence-electron chi connectivity index (χ0n) is 12.1. The number of unbranched alkanes of at least 4 members (excludes halogenated alkanes) is 1. The third kappa shape index (κ3) is 5.57. The van der Waals surface area contributed by atoms with Crippen LogP contribution in [-0.4, -0.2) is 39.9 Å². The Hall–Kier alpha value is -0.970. The van der Waals surface area contributed by atoms with Gasteiger partial charge in [0.2, 0.25) is 0 Å². The maximum atomic E-state index is 10.8. The Morgan fingerprint density at radius 1 is 1.20 bits per heavy atom. The molecule has 0 heterocycles. The molecule has 0 aromatic carbocycles. The lowest BCUT2D eigenvalue weighted by Crippen LogP contribution is -2.19. The van der Waals surface area contributed by atoms with Gasteiger partial charge in [0.25, 0.3) is 0 Å². The van der Waals surface area contributed by atoms with E-state index in [1.54, 1.807) is 19.1 Å². The molecule has 1 rings (SSSR count). The van der Waals surface area contributed by atoms with Crippen LogP contribution in [0.1, 0.15) is 39.0 Å². The zero-order valence-corrected chi connectivity index (χ0v) is 12.1. The Morgan fingerprint density at radius 3 is 2.60 bits per heavy atom. The van der Waals surface area contributed by atoms with Crippen LogP contribution in [0.3, 0.4) is 0 Å². The van der Waals surface area contributed by atoms with Gasteiger partial charge in [-0.05, 0) is 32.1 Å². The number of Topliss-reactive ketones (excluding diaryl/α,β-unsaturated/α-hetero) is 1. The van der Waals surface area contributed by atoms with Crippen molar-refractivity contribution in [3.8, 4) is 0 Å². The Bertz CT molecular complexity index is 348. The summed E-state index contributed by atoms with van der Waals surface area (Å²) in [6, 6.07) is 0. The Labute approximate surface area is 120 Å². The molecule has 0 spiro atoms. The van der Waals surface area contributed by atoms with E-state index in [0.29, 0.717) is 19.3 Å². The first-order valence-electron chi connectivity index (χ1n) is 7.34. The van der Waals surface area contributed by atoms with E-state index >= 15 is 0 Å². The van der Waals surface area contributed by atoms with E-state index in [4.69, 9.17) is 5.11 Å². The topological polar surface area (TPSA) is 77.8 Å². The molecule has 20 heavy (non-hydrogen) atoms. The average Bonchev–Trinajstić information content (AvgIpc) is 2.65. The molecule has 0 radical (unpaired) electrons. The van der Waals surface area contributed by atoms with Gasteiger partial charge in [-0.3, -0.25) is 0 Å². The van der Waals surface area contributed by atoms with Gasteiger partial charge >= 0.3 is 0 Å². The molecule has 1 saturated carbocycles. The lowest BCUT2D eigenvalue weighted by molar-refractivity contribution is -0.117. The first-order valence-corrected chi connectivity index (χ1v) is 7.34. The van der Waals surface area contributed by atoms with Gasteiger partial charge in [-0.1, -0.05) is 24.3 Å². The highest BCUT2D eigenvalue weighted by atomic mass is 16.3. The van der Waals surface area contributed by atoms with Gasteiger partial charge in [0.1, 0.15) is 5.78 Å². The second-order valence-electron chi connectivity index (χ2n) is 5.52. The normalized spacial score (nSPS) is 30.6. The first kappa shape index (κ1) is 17.1. The van der Waals surface area contributed by atoms with Crippen LogP contribution in [0.5, 0.6) is 0 Å². The van der Waals surface area contributed by atoms with Crippen LogP contribution in [0.2, 0.25) is 0 Å². The highest BCUT2D eigenvalue weighted by Gasteiger charge is 2.39. The molecular weight excluding hydrogens is 256 g/mol. The molecule has 3 N–H and O–H groups in total. The van der Waals surface area contributed by atoms with Gasteiger partial charge in [-0.25, -0.2) is 0 Å². The Kier molecular flexibility index (Phi) is 7.73. The molecule has 0 saturated heterocycles. The fraction of sp³-hybridized carbons (Fsp3) is 0.688. The van der Waals surface area contributed by atoms with Crippen molar-refractivity contribution in [2.75, 3.05) is 6.61 Å². The van der Waals surface area contributed by atoms with Crippen molar-refractivity contribution in [2.24, 2.45) is 11.8 Å². The smallest absolute Gasteiger partial charge is 0.129 e. The number of carbonyl (C=O) groups is 1. The molecule has 114 valence electrons. The number of allylic oxidation sites excluding steroid dienone is 2. The highest BCUT2D eigenvalue weighted by Crippen LogP contribution is 2.36. The molecule has 4 heteroatoms. The standard InChI is InChI=1S/C16H26O4/c1-12(18)7-4-2-3-5-8-13-14(9-6-10-17)16(20)11-15(13)19/h3,5-6,9,13-17,19-20H,2,4,7-8,10-11H2,1H3/b5-3-,9-6?/t13-,14-,15+,16-/m1/s1. The molecular formula is C16H26O4. The molecule has 0 unspecified atom stereocenters. The molecule has 1 aliphatic carbocycles. The molecule has 0 aromatic heterocycles. The molecule has 1 aliphatic rings. The zero-order chi connectivity index (χ0) is 15.0. The SMILES string of the molecule is CC(=O)CCC/C=C\C[C@@H]1[C@@H](C=CCO)[C@H](O)C[C@@H]1O. The van der Waals surface area contributed by atoms with E-state index in [2.05, 4.69) is 0 Å². The average molecular weight is 282 g/mol. The van der Waals surface area contributed by atoms with Crippen molar-refractivity contribution in [3.05, 3.63) is 24.3 Å². The number of aliphatic hydroxyl groups excluding tert-OH is 3. The lowest BCUT2D eigenvalue weighted by Gasteiger charge is -2.19. The number of carbonyl (C=O) groups excluding carboxylic acids is 1. The second kappa shape index (κ2) is 9.06. The number of hydrogen-bond acceptors (Lipinski definition) is 4. The summed E-state index contributed by atoms with van der Waals surface area (Å²) >= 11 is 0. The summed E-state index contributed by atoms with van der Waals surface area (Å²) in [6.45, 7) is 1.55. The quantitative estimate of drug-likeness (QED) is 0.467. The molecule has 4 atom stereocenters. The van der Waals surface area contributed by atoms with Crippen molar-refractivity contribution >= 4 is 5.78 Å². The third-order valence-electron chi connectivity index (χ3n) is 3.85. The summed E-state index contributed by atoms with van der Waals surface area (Å²) in [4.78, 5) is 10.8. The molecule has 0 aromatic rings. The predicted molar refractivity (Wildman–Crippen MR) is 78.1 cm³/mol. The number of aliphatic hydroxyl groups is 3. The summed E-state index contributed by atoms with van der Waals surface area (Å²) < 4.78 is 0. The second-order valence-corrected chi connectivity index (χ2v) is 5.52. The molecule has 1 fully saturated rings. The number of hydrogen-bond donors (Lipinski definition) is 3. The minimum absolute atomic E-state index is 0.00291. The van der Waals surface area contributed by atoms with E-state index < -0.39 is 12.2 Å². The van der Waals surface area contributed by atoms with Gasteiger partial charge in [0.05, 0.1) is 18.8 Å². The molecule has 4 nitrogen and oxygen atoms in total. The first-order chi connectivity index (χ1) is 9.56. The van der Waals surface area contributed by atoms with E-state index in [0.717, 1.165) is 12.8 Å². The van der Waals surface area contributed by atoms with Crippen LogP contribution in [0.15, 0.2) is 24.3 Å². The summed E-state index contributed by atoms with van der Waals surface area (Å²) in [5.41, 5.74) is 0. The summed E-state index contributed by atoms with van der Waals surface area (Å²) in [5, 5.41) is 28.7. The number of ketones is 1. The van der Waals surface area contributed by atoms with Gasteiger partial charge in [0.15, 0.2) is 0 Å². The summed E-state index contributed by atoms with van der Waals surface area (Å²) in [7, 11) is 0. The molecule has 0 bridgehead atoms. The van der Waals surface area contributed by atoms with E-state index in [-0.39, 0.29) is 24.2 Å². The number of rotatable bonds is 8. The predicted octanol–water partition coefficient (Wildman–Crippen LogP) is 1.60.